The summed E-state index contributed by atoms with van der Waals surface area (Å²) in [5, 5.41) is 3.80. The third-order valence-corrected chi connectivity index (χ3v) is 14.9. The van der Waals surface area contributed by atoms with E-state index in [2.05, 4.69) is 21.6 Å². The van der Waals surface area contributed by atoms with Gasteiger partial charge in [-0.3, -0.25) is 33.5 Å². The van der Waals surface area contributed by atoms with Gasteiger partial charge in [0.15, 0.2) is 0 Å². The Balaban J connectivity index is 1.17. The van der Waals surface area contributed by atoms with E-state index in [9.17, 15) is 31.6 Å². The molecule has 4 aromatic rings. The van der Waals surface area contributed by atoms with Gasteiger partial charge in [-0.25, -0.2) is 22.0 Å². The maximum Gasteiger partial charge on any atom is 0.329 e. The van der Waals surface area contributed by atoms with Crippen LogP contribution in [0.3, 0.4) is 0 Å². The number of hydrogen-bond acceptors (Lipinski definition) is 8. The molecule has 2 unspecified atom stereocenters. The van der Waals surface area contributed by atoms with Crippen LogP contribution in [0.4, 0.5) is 13.6 Å². The Morgan fingerprint density at radius 3 is 2.21 bits per heavy atom. The number of nitrogens with one attached hydrogen (secondary N) is 2. The molecular weight excluding hydrogens is 833 g/mol. The molecule has 0 radical (unpaired) electrons. The van der Waals surface area contributed by atoms with Crippen molar-refractivity contribution in [3.63, 3.8) is 0 Å². The Morgan fingerprint density at radius 2 is 1.63 bits per heavy atom. The van der Waals surface area contributed by atoms with E-state index in [0.717, 1.165) is 15.7 Å². The van der Waals surface area contributed by atoms with E-state index in [0.29, 0.717) is 29.6 Å². The van der Waals surface area contributed by atoms with Crippen LogP contribution in [0, 0.1) is 17.3 Å². The van der Waals surface area contributed by atoms with Crippen molar-refractivity contribution < 1.29 is 41.2 Å². The average molecular weight is 886 g/mol. The third kappa shape index (κ3) is 8.68. The minimum atomic E-state index is -3.99. The molecule has 5 atom stereocenters. The number of halogens is 2. The summed E-state index contributed by atoms with van der Waals surface area (Å²) in [7, 11) is -3.99. The number of para-hydroxylation sites is 2. The molecule has 2 aromatic carbocycles. The zero-order valence-corrected chi connectivity index (χ0v) is 36.5. The van der Waals surface area contributed by atoms with Crippen molar-refractivity contribution in [1.82, 2.24) is 34.3 Å². The highest BCUT2D eigenvalue weighted by molar-refractivity contribution is 7.91. The fourth-order valence-electron chi connectivity index (χ4n) is 9.27. The zero-order chi connectivity index (χ0) is 45.1. The molecule has 63 heavy (non-hydrogen) atoms. The van der Waals surface area contributed by atoms with Crippen LogP contribution in [0.5, 0.6) is 0 Å². The molecule has 14 nitrogen and oxygen atoms in total. The Kier molecular flexibility index (Phi) is 11.5. The summed E-state index contributed by atoms with van der Waals surface area (Å²) < 4.78 is 58.6. The molecule has 2 saturated carbocycles. The summed E-state index contributed by atoms with van der Waals surface area (Å²) in [5.41, 5.74) is -0.753. The predicted molar refractivity (Wildman–Crippen MR) is 232 cm³/mol. The first-order valence-corrected chi connectivity index (χ1v) is 23.0. The number of amides is 5. The lowest BCUT2D eigenvalue weighted by atomic mass is 9.77. The number of hydrogen-bond donors (Lipinski definition) is 2. The first kappa shape index (κ1) is 43.9. The molecule has 0 bridgehead atoms. The summed E-state index contributed by atoms with van der Waals surface area (Å²) in [5.74, 6) is -7.65. The Hall–Kier alpha value is -5.71. The minimum absolute atomic E-state index is 0.0180. The number of likely N-dealkylation sites (tertiary alicyclic amines) is 2. The van der Waals surface area contributed by atoms with Crippen LogP contribution in [-0.2, 0) is 35.7 Å². The van der Waals surface area contributed by atoms with Crippen molar-refractivity contribution in [3.05, 3.63) is 91.3 Å². The largest absolute Gasteiger partial charge is 0.339 e. The Morgan fingerprint density at radius 1 is 0.984 bits per heavy atom. The Bertz CT molecular complexity index is 2540. The summed E-state index contributed by atoms with van der Waals surface area (Å²) >= 11 is 0. The lowest BCUT2D eigenvalue weighted by Gasteiger charge is -2.38. The summed E-state index contributed by atoms with van der Waals surface area (Å²) in [6.07, 6.45) is 3.21. The van der Waals surface area contributed by atoms with Crippen molar-refractivity contribution >= 4 is 61.5 Å². The molecule has 2 saturated heterocycles. The van der Waals surface area contributed by atoms with Gasteiger partial charge in [-0.05, 0) is 61.8 Å². The van der Waals surface area contributed by atoms with Crippen LogP contribution in [0.2, 0.25) is 0 Å². The number of nitrogens with zero attached hydrogens (tertiary/aromatic N) is 5. The topological polar surface area (TPSA) is 171 Å². The number of sulfonamides is 1. The number of carbonyl (C=O) groups is 5. The maximum absolute atomic E-state index is 15.3. The fourth-order valence-corrected chi connectivity index (χ4v) is 10.6. The van der Waals surface area contributed by atoms with Crippen molar-refractivity contribution in [1.29, 1.82) is 0 Å². The van der Waals surface area contributed by atoms with Crippen LogP contribution < -0.4 is 10.0 Å². The van der Waals surface area contributed by atoms with Crippen molar-refractivity contribution in [2.75, 3.05) is 19.6 Å². The number of aromatic nitrogens is 2. The Labute approximate surface area is 365 Å². The molecule has 2 aliphatic heterocycles. The van der Waals surface area contributed by atoms with Crippen molar-refractivity contribution in [2.45, 2.75) is 101 Å². The first-order chi connectivity index (χ1) is 29.8. The van der Waals surface area contributed by atoms with Gasteiger partial charge in [0.2, 0.25) is 27.7 Å². The van der Waals surface area contributed by atoms with Crippen LogP contribution in [-0.4, -0.2) is 111 Å². The molecule has 2 aromatic heterocycles. The van der Waals surface area contributed by atoms with Gasteiger partial charge in [0.05, 0.1) is 47.0 Å². The molecule has 0 spiro atoms. The van der Waals surface area contributed by atoms with Gasteiger partial charge in [0, 0.05) is 48.8 Å². The average Bonchev–Trinajstić information content (AvgIpc) is 4.15. The fraction of sp³-hybridized carbons (Fsp3) is 0.478. The number of rotatable bonds is 12. The van der Waals surface area contributed by atoms with Crippen molar-refractivity contribution in [3.8, 4) is 0 Å². The maximum atomic E-state index is 15.3. The van der Waals surface area contributed by atoms with E-state index in [1.165, 1.54) is 11.0 Å². The molecule has 17 heteroatoms. The molecule has 2 N–H and O–H groups in total. The zero-order valence-electron chi connectivity index (χ0n) is 35.6. The van der Waals surface area contributed by atoms with Gasteiger partial charge in [-0.2, -0.15) is 0 Å². The minimum Gasteiger partial charge on any atom is -0.339 e. The van der Waals surface area contributed by atoms with Crippen molar-refractivity contribution in [2.24, 2.45) is 17.3 Å². The smallest absolute Gasteiger partial charge is 0.329 e. The summed E-state index contributed by atoms with van der Waals surface area (Å²) in [6, 6.07) is 17.7. The highest BCUT2D eigenvalue weighted by Crippen LogP contribution is 2.46. The summed E-state index contributed by atoms with van der Waals surface area (Å²) in [6.45, 7) is 8.25. The molecule has 4 fully saturated rings. The van der Waals surface area contributed by atoms with Gasteiger partial charge < -0.3 is 20.0 Å². The lowest BCUT2D eigenvalue weighted by molar-refractivity contribution is -0.151. The second kappa shape index (κ2) is 16.4. The quantitative estimate of drug-likeness (QED) is 0.173. The third-order valence-electron chi connectivity index (χ3n) is 13.1. The summed E-state index contributed by atoms with van der Waals surface area (Å²) in [4.78, 5) is 81.3. The molecule has 334 valence electrons. The van der Waals surface area contributed by atoms with Gasteiger partial charge in [0.1, 0.15) is 11.6 Å². The molecule has 8 rings (SSSR count). The number of carbonyl (C=O) groups excluding carboxylic acids is 5. The first-order valence-electron chi connectivity index (χ1n) is 21.5. The number of fused-ring (bicyclic) bond motifs is 3. The van der Waals surface area contributed by atoms with Crippen LogP contribution in [0.25, 0.3) is 21.8 Å². The number of piperidine rings is 1. The molecular formula is C46H53F2N7O7S. The standard InChI is InChI=1S/C46H53F2N7O7S/c1-5-29-25-46(29,42(59)51-63(61,62)32-18-19-32)50-40(57)38-23-31(27-54(38)41(58)35(44(2,3)4)24-39(56)52-22-12-20-45(47,48)28-52)53(26-30-13-10-11-21-49-30)43(60)55-36-16-8-6-14-33(36)34-15-7-9-17-37(34)55/h5-11,13-17,21,29,31-32,35,38H,1,12,18-20,22-28H2,2-4H3,(H,50,57)(H,51,59)/t29?,31-,35-,38+,46?/m1/s1. The molecule has 4 heterocycles. The monoisotopic (exact) mass is 885 g/mol. The number of alkyl halides is 2. The number of pyridine rings is 1. The van der Waals surface area contributed by atoms with E-state index in [1.807, 2.05) is 48.5 Å². The highest BCUT2D eigenvalue weighted by atomic mass is 32.2. The second-order valence-electron chi connectivity index (χ2n) is 18.6. The van der Waals surface area contributed by atoms with Gasteiger partial charge in [-0.1, -0.05) is 69.3 Å². The van der Waals surface area contributed by atoms with E-state index < -0.39 is 98.7 Å². The lowest BCUT2D eigenvalue weighted by Crippen LogP contribution is -2.57. The molecule has 4 aliphatic rings. The predicted octanol–water partition coefficient (Wildman–Crippen LogP) is 5.61. The number of benzene rings is 2. The van der Waals surface area contributed by atoms with Gasteiger partial charge in [0.25, 0.3) is 11.8 Å². The SMILES string of the molecule is C=CC1CC1(NC(=O)[C@@H]1C[C@@H](N(Cc2ccccn2)C(=O)n2c3ccccc3c3ccccc32)CN1C(=O)[C@@H](CC(=O)N1CCCC(F)(F)C1)C(C)(C)C)C(=O)NS(=O)(=O)C1CC1. The second-order valence-corrected chi connectivity index (χ2v) is 20.5. The normalized spacial score (nSPS) is 23.9. The highest BCUT2D eigenvalue weighted by Gasteiger charge is 2.62. The van der Waals surface area contributed by atoms with Crippen LogP contribution in [0.15, 0.2) is 85.6 Å². The van der Waals surface area contributed by atoms with Crippen LogP contribution in [0.1, 0.15) is 71.4 Å². The van der Waals surface area contributed by atoms with E-state index in [-0.39, 0.29) is 45.3 Å². The molecule has 2 aliphatic carbocycles. The van der Waals surface area contributed by atoms with Crippen LogP contribution >= 0.6 is 0 Å². The van der Waals surface area contributed by atoms with E-state index in [4.69, 9.17) is 0 Å². The molecule has 5 amide bonds. The van der Waals surface area contributed by atoms with Gasteiger partial charge >= 0.3 is 6.03 Å². The van der Waals surface area contributed by atoms with E-state index >= 15 is 9.59 Å². The van der Waals surface area contributed by atoms with Gasteiger partial charge in [-0.15, -0.1) is 6.58 Å². The van der Waals surface area contributed by atoms with E-state index in [1.54, 1.807) is 54.6 Å².